The number of carbonyl (C=O) groups is 1. The molecule has 0 aromatic heterocycles. The second-order valence-corrected chi connectivity index (χ2v) is 5.41. The number of benzene rings is 1. The quantitative estimate of drug-likeness (QED) is 0.688. The van der Waals surface area contributed by atoms with Crippen LogP contribution in [-0.2, 0) is 4.79 Å². The standard InChI is InChI=1S/C15H20N2O5.ClH/c18-11(7-17-15(19)10-3-4-16-6-10)8-20-12-1-2-13-14(5-12)22-9-21-13;/h1-2,5,10-11,16,18H,3-4,6-9H2,(H,17,19);1H. The molecule has 0 radical (unpaired) electrons. The molecule has 23 heavy (non-hydrogen) atoms. The molecule has 2 aliphatic rings. The van der Waals surface area contributed by atoms with E-state index in [2.05, 4.69) is 10.6 Å². The fourth-order valence-electron chi connectivity index (χ4n) is 2.46. The Hall–Kier alpha value is -1.70. The number of hydrogen-bond donors (Lipinski definition) is 3. The first-order valence-corrected chi connectivity index (χ1v) is 7.41. The van der Waals surface area contributed by atoms with Crippen LogP contribution in [0.15, 0.2) is 18.2 Å². The molecule has 1 aromatic rings. The predicted octanol–water partition coefficient (Wildman–Crippen LogP) is 0.302. The van der Waals surface area contributed by atoms with E-state index in [1.165, 1.54) is 0 Å². The van der Waals surface area contributed by atoms with Crippen LogP contribution >= 0.6 is 12.4 Å². The number of amides is 1. The summed E-state index contributed by atoms with van der Waals surface area (Å²) in [5, 5.41) is 15.8. The molecule has 0 aliphatic carbocycles. The number of ether oxygens (including phenoxy) is 3. The van der Waals surface area contributed by atoms with E-state index in [-0.39, 0.29) is 44.2 Å². The maximum absolute atomic E-state index is 11.8. The van der Waals surface area contributed by atoms with Crippen molar-refractivity contribution in [2.24, 2.45) is 5.92 Å². The average Bonchev–Trinajstić information content (AvgIpc) is 3.20. The number of hydrogen-bond acceptors (Lipinski definition) is 6. The summed E-state index contributed by atoms with van der Waals surface area (Å²) in [6, 6.07) is 5.24. The highest BCUT2D eigenvalue weighted by atomic mass is 35.5. The maximum atomic E-state index is 11.8. The molecule has 1 saturated heterocycles. The fraction of sp³-hybridized carbons (Fsp3) is 0.533. The zero-order valence-corrected chi connectivity index (χ0v) is 13.4. The van der Waals surface area contributed by atoms with Crippen molar-refractivity contribution in [3.8, 4) is 17.2 Å². The van der Waals surface area contributed by atoms with Crippen LogP contribution < -0.4 is 24.8 Å². The average molecular weight is 345 g/mol. The van der Waals surface area contributed by atoms with Crippen LogP contribution in [0.4, 0.5) is 0 Å². The lowest BCUT2D eigenvalue weighted by molar-refractivity contribution is -0.124. The summed E-state index contributed by atoms with van der Waals surface area (Å²) >= 11 is 0. The van der Waals surface area contributed by atoms with Crippen LogP contribution in [0.5, 0.6) is 17.2 Å². The summed E-state index contributed by atoms with van der Waals surface area (Å²) in [6.45, 7) is 2.07. The molecule has 0 spiro atoms. The molecule has 2 atom stereocenters. The molecule has 3 rings (SSSR count). The van der Waals surface area contributed by atoms with Crippen LogP contribution in [0.2, 0.25) is 0 Å². The highest BCUT2D eigenvalue weighted by Gasteiger charge is 2.22. The molecule has 2 heterocycles. The van der Waals surface area contributed by atoms with Crippen molar-refractivity contribution in [2.75, 3.05) is 33.0 Å². The minimum Gasteiger partial charge on any atom is -0.491 e. The van der Waals surface area contributed by atoms with Gasteiger partial charge in [-0.15, -0.1) is 12.4 Å². The number of fused-ring (bicyclic) bond motifs is 1. The third-order valence-electron chi connectivity index (χ3n) is 3.73. The van der Waals surface area contributed by atoms with Gasteiger partial charge in [0, 0.05) is 19.2 Å². The third-order valence-corrected chi connectivity index (χ3v) is 3.73. The Morgan fingerprint density at radius 1 is 1.43 bits per heavy atom. The van der Waals surface area contributed by atoms with E-state index in [0.29, 0.717) is 23.8 Å². The summed E-state index contributed by atoms with van der Waals surface area (Å²) < 4.78 is 16.0. The largest absolute Gasteiger partial charge is 0.491 e. The van der Waals surface area contributed by atoms with Gasteiger partial charge in [-0.3, -0.25) is 4.79 Å². The van der Waals surface area contributed by atoms with E-state index < -0.39 is 6.10 Å². The van der Waals surface area contributed by atoms with Crippen LogP contribution in [0, 0.1) is 5.92 Å². The normalized spacial score (nSPS) is 19.8. The van der Waals surface area contributed by atoms with Crippen molar-refractivity contribution in [3.05, 3.63) is 18.2 Å². The Morgan fingerprint density at radius 3 is 3.04 bits per heavy atom. The molecular formula is C15H21ClN2O5. The summed E-state index contributed by atoms with van der Waals surface area (Å²) in [7, 11) is 0. The van der Waals surface area contributed by atoms with E-state index in [9.17, 15) is 9.90 Å². The van der Waals surface area contributed by atoms with Gasteiger partial charge in [-0.1, -0.05) is 0 Å². The molecule has 128 valence electrons. The molecule has 2 unspecified atom stereocenters. The number of nitrogens with one attached hydrogen (secondary N) is 2. The zero-order chi connectivity index (χ0) is 15.4. The van der Waals surface area contributed by atoms with E-state index in [0.717, 1.165) is 13.0 Å². The fourth-order valence-corrected chi connectivity index (χ4v) is 2.46. The Labute approximate surface area is 140 Å². The van der Waals surface area contributed by atoms with Gasteiger partial charge < -0.3 is 30.0 Å². The lowest BCUT2D eigenvalue weighted by Crippen LogP contribution is -2.39. The van der Waals surface area contributed by atoms with Crippen LogP contribution in [0.3, 0.4) is 0 Å². The number of rotatable bonds is 6. The topological polar surface area (TPSA) is 89.1 Å². The third kappa shape index (κ3) is 4.63. The number of aliphatic hydroxyl groups is 1. The highest BCUT2D eigenvalue weighted by molar-refractivity contribution is 5.85. The lowest BCUT2D eigenvalue weighted by Gasteiger charge is -2.15. The van der Waals surface area contributed by atoms with Gasteiger partial charge in [0.2, 0.25) is 12.7 Å². The summed E-state index contributed by atoms with van der Waals surface area (Å²) in [4.78, 5) is 11.8. The predicted molar refractivity (Wildman–Crippen MR) is 85.3 cm³/mol. The first kappa shape index (κ1) is 17.7. The number of halogens is 1. The van der Waals surface area contributed by atoms with E-state index in [1.54, 1.807) is 18.2 Å². The molecule has 0 bridgehead atoms. The Kier molecular flexibility index (Phi) is 6.32. The van der Waals surface area contributed by atoms with Gasteiger partial charge in [-0.05, 0) is 25.1 Å². The Morgan fingerprint density at radius 2 is 2.26 bits per heavy atom. The molecule has 1 amide bonds. The first-order chi connectivity index (χ1) is 10.7. The van der Waals surface area contributed by atoms with Crippen LogP contribution in [0.1, 0.15) is 6.42 Å². The molecule has 1 fully saturated rings. The van der Waals surface area contributed by atoms with E-state index >= 15 is 0 Å². The number of aliphatic hydroxyl groups excluding tert-OH is 1. The van der Waals surface area contributed by atoms with Gasteiger partial charge in [0.15, 0.2) is 11.5 Å². The Bertz CT molecular complexity index is 537. The Balaban J connectivity index is 0.00000192. The highest BCUT2D eigenvalue weighted by Crippen LogP contribution is 2.35. The monoisotopic (exact) mass is 344 g/mol. The second kappa shape index (κ2) is 8.24. The molecule has 0 saturated carbocycles. The van der Waals surface area contributed by atoms with Crippen molar-refractivity contribution in [2.45, 2.75) is 12.5 Å². The number of carbonyl (C=O) groups excluding carboxylic acids is 1. The van der Waals surface area contributed by atoms with Gasteiger partial charge in [0.05, 0.1) is 5.92 Å². The first-order valence-electron chi connectivity index (χ1n) is 7.41. The van der Waals surface area contributed by atoms with Crippen molar-refractivity contribution < 1.29 is 24.1 Å². The van der Waals surface area contributed by atoms with Crippen molar-refractivity contribution in [1.29, 1.82) is 0 Å². The van der Waals surface area contributed by atoms with Gasteiger partial charge in [-0.25, -0.2) is 0 Å². The van der Waals surface area contributed by atoms with Gasteiger partial charge >= 0.3 is 0 Å². The maximum Gasteiger partial charge on any atom is 0.231 e. The van der Waals surface area contributed by atoms with Crippen molar-refractivity contribution in [3.63, 3.8) is 0 Å². The SMILES string of the molecule is Cl.O=C(NCC(O)COc1ccc2c(c1)OCO2)C1CCNC1. The second-order valence-electron chi connectivity index (χ2n) is 5.41. The summed E-state index contributed by atoms with van der Waals surface area (Å²) in [5.41, 5.74) is 0. The van der Waals surface area contributed by atoms with Crippen LogP contribution in [0.25, 0.3) is 0 Å². The van der Waals surface area contributed by atoms with Crippen LogP contribution in [-0.4, -0.2) is 50.2 Å². The molecule has 8 heteroatoms. The van der Waals surface area contributed by atoms with Crippen molar-refractivity contribution in [1.82, 2.24) is 10.6 Å². The van der Waals surface area contributed by atoms with Crippen molar-refractivity contribution >= 4 is 18.3 Å². The van der Waals surface area contributed by atoms with Gasteiger partial charge in [0.25, 0.3) is 0 Å². The minimum atomic E-state index is -0.760. The van der Waals surface area contributed by atoms with Gasteiger partial charge in [-0.2, -0.15) is 0 Å². The summed E-state index contributed by atoms with van der Waals surface area (Å²) in [6.07, 6.45) is 0.0825. The minimum absolute atomic E-state index is 0. The summed E-state index contributed by atoms with van der Waals surface area (Å²) in [5.74, 6) is 1.89. The molecule has 7 nitrogen and oxygen atoms in total. The molecule has 3 N–H and O–H groups in total. The van der Waals surface area contributed by atoms with E-state index in [4.69, 9.17) is 14.2 Å². The lowest BCUT2D eigenvalue weighted by atomic mass is 10.1. The molecule has 1 aromatic carbocycles. The van der Waals surface area contributed by atoms with Gasteiger partial charge in [0.1, 0.15) is 18.5 Å². The zero-order valence-electron chi connectivity index (χ0n) is 12.6. The molecule has 2 aliphatic heterocycles. The molecular weight excluding hydrogens is 324 g/mol. The smallest absolute Gasteiger partial charge is 0.231 e. The van der Waals surface area contributed by atoms with E-state index in [1.807, 2.05) is 0 Å².